The van der Waals surface area contributed by atoms with Crippen molar-refractivity contribution in [2.24, 2.45) is 0 Å². The molecule has 0 saturated carbocycles. The zero-order chi connectivity index (χ0) is 20.0. The first-order chi connectivity index (χ1) is 12.6. The van der Waals surface area contributed by atoms with Crippen LogP contribution in [0.5, 0.6) is 0 Å². The van der Waals surface area contributed by atoms with Gasteiger partial charge in [0.2, 0.25) is 0 Å². The van der Waals surface area contributed by atoms with Gasteiger partial charge in [-0.25, -0.2) is 23.5 Å². The highest BCUT2D eigenvalue weighted by Crippen LogP contribution is 2.20. The van der Waals surface area contributed by atoms with Crippen LogP contribution in [0.1, 0.15) is 0 Å². The lowest BCUT2D eigenvalue weighted by molar-refractivity contribution is -2.00. The van der Waals surface area contributed by atoms with E-state index in [1.54, 1.807) is 0 Å². The molecule has 0 aliphatic carbocycles. The number of halogens is 4. The van der Waals surface area contributed by atoms with Crippen LogP contribution in [-0.4, -0.2) is 0 Å². The van der Waals surface area contributed by atoms with E-state index in [4.69, 9.17) is 18.6 Å². The topological polar surface area (TPSA) is 96.7 Å². The summed E-state index contributed by atoms with van der Waals surface area (Å²) >= 11 is 10.5. The van der Waals surface area contributed by atoms with E-state index in [1.165, 1.54) is 22.0 Å². The van der Waals surface area contributed by atoms with Crippen LogP contribution in [0.25, 0.3) is 0 Å². The fourth-order valence-corrected chi connectivity index (χ4v) is 3.14. The Kier molecular flexibility index (Phi) is 8.41. The van der Waals surface area contributed by atoms with Crippen molar-refractivity contribution in [2.45, 2.75) is 0 Å². The molecule has 1 N–H and O–H groups in total. The van der Waals surface area contributed by atoms with Gasteiger partial charge in [0, 0.05) is 49.8 Å². The summed E-state index contributed by atoms with van der Waals surface area (Å²) in [5.41, 5.74) is 3.61. The molecule has 9 heteroatoms. The van der Waals surface area contributed by atoms with Gasteiger partial charge in [-0.1, -0.05) is 47.8 Å². The van der Waals surface area contributed by atoms with Crippen LogP contribution in [0.3, 0.4) is 0 Å². The smallest absolute Gasteiger partial charge is 0.141 e. The molecule has 0 aliphatic heterocycles. The molecule has 0 aliphatic rings. The van der Waals surface area contributed by atoms with Gasteiger partial charge in [-0.05, 0) is 36.4 Å². The average molecular weight is 582 g/mol. The first-order valence-corrected chi connectivity index (χ1v) is 11.0. The van der Waals surface area contributed by atoms with Crippen LogP contribution in [0.2, 0.25) is 0 Å². The van der Waals surface area contributed by atoms with Gasteiger partial charge in [-0.15, -0.1) is 10.2 Å². The Morgan fingerprint density at radius 1 is 0.481 bits per heavy atom. The van der Waals surface area contributed by atoms with Crippen LogP contribution in [0.4, 0.5) is 17.1 Å². The van der Waals surface area contributed by atoms with Gasteiger partial charge in [0.25, 0.3) is 0 Å². The van der Waals surface area contributed by atoms with E-state index >= 15 is 0 Å². The highest BCUT2D eigenvalue weighted by Gasteiger charge is 2.18. The number of hydrogen-bond donors (Lipinski definition) is 1. The summed E-state index contributed by atoms with van der Waals surface area (Å²) in [6.45, 7) is 0. The first kappa shape index (κ1) is 22.5. The lowest BCUT2D eigenvalue weighted by atomic mass is 10.2. The molecule has 0 bridgehead atoms. The Balaban J connectivity index is 0.000000465. The van der Waals surface area contributed by atoms with Crippen LogP contribution in [0, 0.1) is 10.2 Å². The average Bonchev–Trinajstić information content (AvgIpc) is 2.59. The highest BCUT2D eigenvalue weighted by molar-refractivity contribution is 9.11. The van der Waals surface area contributed by atoms with Crippen molar-refractivity contribution in [2.75, 3.05) is 0 Å². The van der Waals surface area contributed by atoms with E-state index < -0.39 is 10.2 Å². The molecule has 0 atom stereocenters. The van der Waals surface area contributed by atoms with Crippen LogP contribution in [0.15, 0.2) is 86.2 Å². The van der Waals surface area contributed by atoms with Crippen molar-refractivity contribution >= 4 is 64.9 Å². The summed E-state index contributed by atoms with van der Waals surface area (Å²) < 4.78 is 37.2. The quantitative estimate of drug-likeness (QED) is 0.505. The molecule has 142 valence electrons. The molecule has 0 aromatic heterocycles. The van der Waals surface area contributed by atoms with Crippen molar-refractivity contribution in [1.82, 2.24) is 0 Å². The number of hydrogen-bond acceptors (Lipinski definition) is 4. The van der Waals surface area contributed by atoms with E-state index in [0.717, 1.165) is 13.4 Å². The predicted molar refractivity (Wildman–Crippen MR) is 102 cm³/mol. The Morgan fingerprint density at radius 2 is 0.667 bits per heavy atom. The molecule has 0 heterocycles. The third-order valence-electron chi connectivity index (χ3n) is 3.40. The minimum absolute atomic E-state index is 1.09. The minimum Gasteiger partial charge on any atom is -0.238 e. The third-order valence-corrected chi connectivity index (χ3v) is 4.98. The number of rotatable bonds is 3. The second-order valence-corrected chi connectivity index (χ2v) is 8.78. The normalized spacial score (nSPS) is 11.1. The van der Waals surface area contributed by atoms with Gasteiger partial charge in [0.1, 0.15) is 17.1 Å². The molecule has 0 spiro atoms. The maximum absolute atomic E-state index is 8.49. The van der Waals surface area contributed by atoms with E-state index in [-0.39, 0.29) is 0 Å². The molecule has 0 radical (unpaired) electrons. The van der Waals surface area contributed by atoms with Crippen molar-refractivity contribution < 1.29 is 33.8 Å². The molecule has 0 saturated heterocycles. The molecular formula is C18H13Br3ClNO4. The van der Waals surface area contributed by atoms with Crippen molar-refractivity contribution in [3.8, 4) is 0 Å². The van der Waals surface area contributed by atoms with Gasteiger partial charge in [0.05, 0.1) is 0 Å². The molecule has 0 fully saturated rings. The Morgan fingerprint density at radius 3 is 0.852 bits per heavy atom. The maximum atomic E-state index is 8.49. The summed E-state index contributed by atoms with van der Waals surface area (Å²) in [4.78, 5) is 1.23. The van der Waals surface area contributed by atoms with Crippen LogP contribution >= 0.6 is 47.8 Å². The predicted octanol–water partition coefficient (Wildman–Crippen LogP) is 1.40. The maximum Gasteiger partial charge on any atom is 0.141 e. The largest absolute Gasteiger partial charge is 0.238 e. The van der Waals surface area contributed by atoms with E-state index in [9.17, 15) is 0 Å². The van der Waals surface area contributed by atoms with Gasteiger partial charge in [0.15, 0.2) is 0 Å². The molecule has 3 aromatic rings. The highest BCUT2D eigenvalue weighted by atomic mass is 79.9. The number of quaternary nitrogens is 1. The fourth-order valence-electron chi connectivity index (χ4n) is 2.35. The Bertz CT molecular complexity index is 740. The van der Waals surface area contributed by atoms with Crippen LogP contribution < -0.4 is 23.5 Å². The fraction of sp³-hybridized carbons (Fsp3) is 0. The molecular weight excluding hydrogens is 569 g/mol. The first-order valence-electron chi connectivity index (χ1n) is 7.40. The monoisotopic (exact) mass is 579 g/mol. The molecule has 3 aromatic carbocycles. The van der Waals surface area contributed by atoms with E-state index in [2.05, 4.69) is 121 Å². The SMILES string of the molecule is Brc1ccc([NH+](c2ccc(Br)cc2)c2ccc(Br)cc2)cc1.[O-][Cl+3]([O-])([O-])[O-]. The third kappa shape index (κ3) is 7.98. The van der Waals surface area contributed by atoms with Crippen molar-refractivity contribution in [3.05, 3.63) is 86.2 Å². The number of nitrogens with one attached hydrogen (secondary N) is 1. The van der Waals surface area contributed by atoms with Gasteiger partial charge in [-0.2, -0.15) is 0 Å². The lowest BCUT2D eigenvalue weighted by Gasteiger charge is -2.18. The second kappa shape index (κ2) is 10.1. The molecule has 0 amide bonds. The molecule has 5 nitrogen and oxygen atoms in total. The standard InChI is InChI=1S/C18H12Br3N.ClHO4/c19-13-1-7-16(8-2-13)22(17-9-3-14(20)4-10-17)18-11-5-15(21)6-12-18;2-1(3,4)5/h1-12H;(H,2,3,4,5). The summed E-state index contributed by atoms with van der Waals surface area (Å²) in [6, 6.07) is 25.3. The van der Waals surface area contributed by atoms with Gasteiger partial charge in [-0.3, -0.25) is 0 Å². The van der Waals surface area contributed by atoms with Crippen molar-refractivity contribution in [1.29, 1.82) is 0 Å². The molecule has 0 unspecified atom stereocenters. The Labute approximate surface area is 184 Å². The number of benzene rings is 3. The minimum atomic E-state index is -4.94. The zero-order valence-corrected chi connectivity index (χ0v) is 19.1. The zero-order valence-electron chi connectivity index (χ0n) is 13.6. The molecule has 27 heavy (non-hydrogen) atoms. The second-order valence-electron chi connectivity index (χ2n) is 5.27. The lowest BCUT2D eigenvalue weighted by Crippen LogP contribution is -2.96. The summed E-state index contributed by atoms with van der Waals surface area (Å²) in [6.07, 6.45) is 0. The summed E-state index contributed by atoms with van der Waals surface area (Å²) in [7, 11) is -4.94. The van der Waals surface area contributed by atoms with E-state index in [1.807, 2.05) is 0 Å². The van der Waals surface area contributed by atoms with E-state index in [0.29, 0.717) is 0 Å². The van der Waals surface area contributed by atoms with Gasteiger partial charge < -0.3 is 0 Å². The Hall–Kier alpha value is -0.810. The van der Waals surface area contributed by atoms with Gasteiger partial charge >= 0.3 is 0 Å². The molecule has 3 rings (SSSR count). The van der Waals surface area contributed by atoms with Crippen LogP contribution in [-0.2, 0) is 0 Å². The van der Waals surface area contributed by atoms with Crippen molar-refractivity contribution in [3.63, 3.8) is 0 Å². The summed E-state index contributed by atoms with van der Waals surface area (Å²) in [5.74, 6) is 0. The summed E-state index contributed by atoms with van der Waals surface area (Å²) in [5, 5.41) is 0.